The van der Waals surface area contributed by atoms with Gasteiger partial charge >= 0.3 is 0 Å². The zero-order chi connectivity index (χ0) is 16.7. The Kier molecular flexibility index (Phi) is 6.26. The van der Waals surface area contributed by atoms with Crippen LogP contribution < -0.4 is 15.8 Å². The zero-order valence-electron chi connectivity index (χ0n) is 12.8. The number of rotatable bonds is 7. The second kappa shape index (κ2) is 8.41. The van der Waals surface area contributed by atoms with Crippen LogP contribution in [0.5, 0.6) is 5.75 Å². The number of carbonyl (C=O) groups excluding carboxylic acids is 1. The van der Waals surface area contributed by atoms with E-state index < -0.39 is 0 Å². The molecule has 122 valence electrons. The zero-order valence-corrected chi connectivity index (χ0v) is 13.6. The van der Waals surface area contributed by atoms with Crippen LogP contribution in [-0.4, -0.2) is 25.7 Å². The molecule has 0 aliphatic carbocycles. The molecule has 5 nitrogen and oxygen atoms in total. The SMILES string of the molecule is CCOCCOc1ccc(C(=O)Nc2ccc(Cl)c(N)c2)cc1. The highest BCUT2D eigenvalue weighted by Gasteiger charge is 2.07. The molecule has 3 N–H and O–H groups in total. The summed E-state index contributed by atoms with van der Waals surface area (Å²) in [5, 5.41) is 3.22. The van der Waals surface area contributed by atoms with E-state index in [2.05, 4.69) is 5.32 Å². The van der Waals surface area contributed by atoms with E-state index in [9.17, 15) is 4.79 Å². The summed E-state index contributed by atoms with van der Waals surface area (Å²) >= 11 is 5.85. The largest absolute Gasteiger partial charge is 0.491 e. The lowest BCUT2D eigenvalue weighted by molar-refractivity contribution is 0.102. The first-order chi connectivity index (χ1) is 11.1. The minimum absolute atomic E-state index is 0.229. The van der Waals surface area contributed by atoms with Crippen molar-refractivity contribution in [2.45, 2.75) is 6.92 Å². The van der Waals surface area contributed by atoms with E-state index in [1.54, 1.807) is 42.5 Å². The van der Waals surface area contributed by atoms with Crippen LogP contribution in [-0.2, 0) is 4.74 Å². The highest BCUT2D eigenvalue weighted by atomic mass is 35.5. The maximum absolute atomic E-state index is 12.2. The van der Waals surface area contributed by atoms with E-state index in [0.717, 1.165) is 0 Å². The summed E-state index contributed by atoms with van der Waals surface area (Å²) in [6, 6.07) is 11.8. The number of hydrogen-bond donors (Lipinski definition) is 2. The summed E-state index contributed by atoms with van der Waals surface area (Å²) in [7, 11) is 0. The van der Waals surface area contributed by atoms with Gasteiger partial charge in [0.1, 0.15) is 12.4 Å². The van der Waals surface area contributed by atoms with E-state index in [4.69, 9.17) is 26.8 Å². The predicted molar refractivity (Wildman–Crippen MR) is 92.2 cm³/mol. The molecule has 2 aromatic carbocycles. The lowest BCUT2D eigenvalue weighted by Crippen LogP contribution is -2.12. The van der Waals surface area contributed by atoms with Gasteiger partial charge < -0.3 is 20.5 Å². The fraction of sp³-hybridized carbons (Fsp3) is 0.235. The molecule has 0 aliphatic heterocycles. The van der Waals surface area contributed by atoms with E-state index in [1.165, 1.54) is 0 Å². The minimum Gasteiger partial charge on any atom is -0.491 e. The summed E-state index contributed by atoms with van der Waals surface area (Å²) in [6.07, 6.45) is 0. The fourth-order valence-electron chi connectivity index (χ4n) is 1.89. The smallest absolute Gasteiger partial charge is 0.255 e. The average Bonchev–Trinajstić information content (AvgIpc) is 2.55. The van der Waals surface area contributed by atoms with Gasteiger partial charge in [0.15, 0.2) is 0 Å². The highest BCUT2D eigenvalue weighted by Crippen LogP contribution is 2.23. The van der Waals surface area contributed by atoms with Crippen LogP contribution in [0.3, 0.4) is 0 Å². The van der Waals surface area contributed by atoms with Crippen LogP contribution in [0.25, 0.3) is 0 Å². The van der Waals surface area contributed by atoms with Gasteiger partial charge in [-0.05, 0) is 49.4 Å². The van der Waals surface area contributed by atoms with Gasteiger partial charge in [0.05, 0.1) is 17.3 Å². The first-order valence-electron chi connectivity index (χ1n) is 7.27. The molecule has 0 aliphatic rings. The average molecular weight is 335 g/mol. The first-order valence-corrected chi connectivity index (χ1v) is 7.65. The molecule has 0 radical (unpaired) electrons. The van der Waals surface area contributed by atoms with Gasteiger partial charge in [-0.1, -0.05) is 11.6 Å². The maximum atomic E-state index is 12.2. The number of carbonyl (C=O) groups is 1. The van der Waals surface area contributed by atoms with E-state index in [1.807, 2.05) is 6.92 Å². The number of benzene rings is 2. The second-order valence-electron chi connectivity index (χ2n) is 4.76. The number of hydrogen-bond acceptors (Lipinski definition) is 4. The van der Waals surface area contributed by atoms with E-state index in [-0.39, 0.29) is 5.91 Å². The van der Waals surface area contributed by atoms with Gasteiger partial charge in [-0.2, -0.15) is 0 Å². The quantitative estimate of drug-likeness (QED) is 0.599. The first kappa shape index (κ1) is 17.1. The number of nitrogen functional groups attached to an aromatic ring is 1. The monoisotopic (exact) mass is 334 g/mol. The van der Waals surface area contributed by atoms with Crippen molar-refractivity contribution in [3.05, 3.63) is 53.1 Å². The topological polar surface area (TPSA) is 73.6 Å². The van der Waals surface area contributed by atoms with Crippen molar-refractivity contribution >= 4 is 28.9 Å². The van der Waals surface area contributed by atoms with Gasteiger partial charge in [0.2, 0.25) is 0 Å². The summed E-state index contributed by atoms with van der Waals surface area (Å²) in [5.41, 5.74) is 7.25. The Labute approximate surface area is 140 Å². The molecule has 2 aromatic rings. The Morgan fingerprint density at radius 1 is 1.17 bits per heavy atom. The second-order valence-corrected chi connectivity index (χ2v) is 5.17. The number of ether oxygens (including phenoxy) is 2. The van der Waals surface area contributed by atoms with Gasteiger partial charge in [0.25, 0.3) is 5.91 Å². The van der Waals surface area contributed by atoms with Gasteiger partial charge in [-0.3, -0.25) is 4.79 Å². The van der Waals surface area contributed by atoms with Crippen LogP contribution in [0.1, 0.15) is 17.3 Å². The molecule has 0 saturated heterocycles. The molecule has 0 heterocycles. The van der Waals surface area contributed by atoms with E-state index >= 15 is 0 Å². The Bertz CT molecular complexity index is 659. The Balaban J connectivity index is 1.93. The molecule has 0 spiro atoms. The van der Waals surface area contributed by atoms with Crippen molar-refractivity contribution < 1.29 is 14.3 Å². The van der Waals surface area contributed by atoms with Crippen LogP contribution in [0, 0.1) is 0 Å². The number of amides is 1. The molecule has 2 rings (SSSR count). The van der Waals surface area contributed by atoms with Crippen LogP contribution in [0.2, 0.25) is 5.02 Å². The predicted octanol–water partition coefficient (Wildman–Crippen LogP) is 3.59. The molecule has 0 atom stereocenters. The highest BCUT2D eigenvalue weighted by molar-refractivity contribution is 6.33. The van der Waals surface area contributed by atoms with Crippen molar-refractivity contribution in [1.82, 2.24) is 0 Å². The van der Waals surface area contributed by atoms with Gasteiger partial charge in [0, 0.05) is 17.9 Å². The van der Waals surface area contributed by atoms with Crippen molar-refractivity contribution in [1.29, 1.82) is 0 Å². The third-order valence-electron chi connectivity index (χ3n) is 3.07. The Morgan fingerprint density at radius 3 is 2.57 bits per heavy atom. The summed E-state index contributed by atoms with van der Waals surface area (Å²) in [4.78, 5) is 12.2. The molecule has 0 aromatic heterocycles. The third-order valence-corrected chi connectivity index (χ3v) is 3.42. The molecule has 23 heavy (non-hydrogen) atoms. The normalized spacial score (nSPS) is 10.3. The summed E-state index contributed by atoms with van der Waals surface area (Å²) in [6.45, 7) is 3.61. The standard InChI is InChI=1S/C17H19ClN2O3/c1-2-22-9-10-23-14-6-3-12(4-7-14)17(21)20-13-5-8-15(18)16(19)11-13/h3-8,11H,2,9-10,19H2,1H3,(H,20,21). The number of halogens is 1. The van der Waals surface area contributed by atoms with E-state index in [0.29, 0.717) is 47.5 Å². The maximum Gasteiger partial charge on any atom is 0.255 e. The molecular formula is C17H19ClN2O3. The molecule has 0 unspecified atom stereocenters. The van der Waals surface area contributed by atoms with Crippen molar-refractivity contribution in [2.75, 3.05) is 30.9 Å². The van der Waals surface area contributed by atoms with Crippen LogP contribution in [0.4, 0.5) is 11.4 Å². The Morgan fingerprint density at radius 2 is 1.91 bits per heavy atom. The van der Waals surface area contributed by atoms with Gasteiger partial charge in [-0.15, -0.1) is 0 Å². The number of anilines is 2. The third kappa shape index (κ3) is 5.16. The molecule has 0 fully saturated rings. The Hall–Kier alpha value is -2.24. The molecule has 0 saturated carbocycles. The van der Waals surface area contributed by atoms with Crippen molar-refractivity contribution in [3.8, 4) is 5.75 Å². The summed E-state index contributed by atoms with van der Waals surface area (Å²) < 4.78 is 10.7. The minimum atomic E-state index is -0.229. The van der Waals surface area contributed by atoms with Crippen molar-refractivity contribution in [2.24, 2.45) is 0 Å². The number of nitrogens with two attached hydrogens (primary N) is 1. The number of nitrogens with one attached hydrogen (secondary N) is 1. The fourth-order valence-corrected chi connectivity index (χ4v) is 2.01. The molecular weight excluding hydrogens is 316 g/mol. The lowest BCUT2D eigenvalue weighted by atomic mass is 10.2. The van der Waals surface area contributed by atoms with Crippen LogP contribution >= 0.6 is 11.6 Å². The molecule has 1 amide bonds. The van der Waals surface area contributed by atoms with Gasteiger partial charge in [-0.25, -0.2) is 0 Å². The molecule has 6 heteroatoms. The van der Waals surface area contributed by atoms with Crippen molar-refractivity contribution in [3.63, 3.8) is 0 Å². The van der Waals surface area contributed by atoms with Crippen LogP contribution in [0.15, 0.2) is 42.5 Å². The summed E-state index contributed by atoms with van der Waals surface area (Å²) in [5.74, 6) is 0.463. The molecule has 0 bridgehead atoms. The lowest BCUT2D eigenvalue weighted by Gasteiger charge is -2.09.